The molecule has 2 aromatic rings. The zero-order chi connectivity index (χ0) is 19.2. The van der Waals surface area contributed by atoms with Crippen molar-refractivity contribution < 1.29 is 9.59 Å². The van der Waals surface area contributed by atoms with Gasteiger partial charge < -0.3 is 0 Å². The Bertz CT molecular complexity index is 842. The minimum Gasteiger partial charge on any atom is -0.272 e. The highest BCUT2D eigenvalue weighted by Gasteiger charge is 2.39. The van der Waals surface area contributed by atoms with Crippen LogP contribution in [0.1, 0.15) is 59.1 Å². The summed E-state index contributed by atoms with van der Waals surface area (Å²) in [6, 6.07) is 3.76. The Morgan fingerprint density at radius 2 is 1.12 bits per heavy atom. The average molecular weight is 354 g/mol. The van der Waals surface area contributed by atoms with E-state index in [2.05, 4.69) is 10.2 Å². The second-order valence-electron chi connectivity index (χ2n) is 7.54. The summed E-state index contributed by atoms with van der Waals surface area (Å²) < 4.78 is 2.91. The van der Waals surface area contributed by atoms with Gasteiger partial charge in [0.15, 0.2) is 0 Å². The molecule has 0 saturated heterocycles. The molecule has 2 heterocycles. The van der Waals surface area contributed by atoms with Gasteiger partial charge in [0.1, 0.15) is 0 Å². The van der Waals surface area contributed by atoms with Crippen molar-refractivity contribution in [2.24, 2.45) is 11.8 Å². The van der Waals surface area contributed by atoms with Crippen LogP contribution in [0.25, 0.3) is 0 Å². The number of nitrogens with zero attached hydrogens (tertiary/aromatic N) is 4. The Hall–Kier alpha value is -2.50. The normalized spacial score (nSPS) is 20.5. The quantitative estimate of drug-likeness (QED) is 0.772. The van der Waals surface area contributed by atoms with Crippen molar-refractivity contribution in [3.05, 3.63) is 46.1 Å². The van der Waals surface area contributed by atoms with E-state index >= 15 is 0 Å². The van der Waals surface area contributed by atoms with Gasteiger partial charge in [-0.15, -0.1) is 0 Å². The molecule has 0 aromatic carbocycles. The van der Waals surface area contributed by atoms with E-state index in [1.165, 1.54) is 20.5 Å². The van der Waals surface area contributed by atoms with Crippen LogP contribution in [-0.2, 0) is 0 Å². The van der Waals surface area contributed by atoms with Crippen LogP contribution in [0.3, 0.4) is 0 Å². The summed E-state index contributed by atoms with van der Waals surface area (Å²) in [4.78, 5) is 26.4. The van der Waals surface area contributed by atoms with Gasteiger partial charge in [-0.1, -0.05) is 11.1 Å². The number of hydrogen-bond acceptors (Lipinski definition) is 4. The summed E-state index contributed by atoms with van der Waals surface area (Å²) in [5.41, 5.74) is 5.57. The molecule has 2 aromatic heterocycles. The van der Waals surface area contributed by atoms with Crippen LogP contribution in [0.2, 0.25) is 0 Å². The van der Waals surface area contributed by atoms with E-state index in [-0.39, 0.29) is 11.8 Å². The summed E-state index contributed by atoms with van der Waals surface area (Å²) in [7, 11) is 0. The monoisotopic (exact) mass is 354 g/mol. The predicted octanol–water partition coefficient (Wildman–Crippen LogP) is 3.66. The van der Waals surface area contributed by atoms with Crippen molar-refractivity contribution in [2.75, 3.05) is 0 Å². The number of rotatable bonds is 2. The molecule has 6 heteroatoms. The number of carbonyl (C=O) groups is 2. The van der Waals surface area contributed by atoms with E-state index < -0.39 is 11.8 Å². The Morgan fingerprint density at radius 1 is 0.769 bits per heavy atom. The zero-order valence-electron chi connectivity index (χ0n) is 16.3. The topological polar surface area (TPSA) is 69.8 Å². The molecule has 0 saturated carbocycles. The van der Waals surface area contributed by atoms with Gasteiger partial charge >= 0.3 is 0 Å². The van der Waals surface area contributed by atoms with Gasteiger partial charge in [0.05, 0.1) is 23.2 Å². The van der Waals surface area contributed by atoms with Gasteiger partial charge in [0.25, 0.3) is 11.8 Å². The average Bonchev–Trinajstić information content (AvgIpc) is 3.08. The molecular weight excluding hydrogens is 328 g/mol. The fourth-order valence-electron chi connectivity index (χ4n) is 3.83. The molecule has 0 aliphatic heterocycles. The van der Waals surface area contributed by atoms with E-state index in [4.69, 9.17) is 0 Å². The number of aromatic nitrogens is 4. The molecule has 0 radical (unpaired) electrons. The molecular formula is C20H26N4O2. The number of allylic oxidation sites excluding steroid dienone is 2. The fourth-order valence-corrected chi connectivity index (χ4v) is 3.83. The minimum atomic E-state index is -0.423. The van der Waals surface area contributed by atoms with Crippen molar-refractivity contribution in [2.45, 2.75) is 54.4 Å². The van der Waals surface area contributed by atoms with E-state index in [1.54, 1.807) is 0 Å². The van der Waals surface area contributed by atoms with Crippen LogP contribution in [-0.4, -0.2) is 31.4 Å². The summed E-state index contributed by atoms with van der Waals surface area (Å²) >= 11 is 0. The van der Waals surface area contributed by atoms with E-state index in [1.807, 2.05) is 53.7 Å². The van der Waals surface area contributed by atoms with Crippen LogP contribution in [0.15, 0.2) is 23.3 Å². The first-order valence-electron chi connectivity index (χ1n) is 8.99. The molecule has 2 atom stereocenters. The smallest absolute Gasteiger partial charge is 0.251 e. The molecule has 0 amide bonds. The third kappa shape index (κ3) is 3.16. The van der Waals surface area contributed by atoms with Gasteiger partial charge in [-0.25, -0.2) is 9.36 Å². The van der Waals surface area contributed by atoms with Gasteiger partial charge in [-0.05, 0) is 66.5 Å². The van der Waals surface area contributed by atoms with Crippen LogP contribution in [0.5, 0.6) is 0 Å². The molecule has 138 valence electrons. The zero-order valence-corrected chi connectivity index (χ0v) is 16.3. The molecule has 0 fully saturated rings. The first-order valence-corrected chi connectivity index (χ1v) is 8.99. The minimum absolute atomic E-state index is 0.109. The highest BCUT2D eigenvalue weighted by atomic mass is 16.2. The molecule has 3 rings (SSSR count). The Morgan fingerprint density at radius 3 is 1.38 bits per heavy atom. The molecule has 0 bridgehead atoms. The molecule has 0 spiro atoms. The third-order valence-electron chi connectivity index (χ3n) is 5.34. The van der Waals surface area contributed by atoms with Crippen molar-refractivity contribution in [1.29, 1.82) is 0 Å². The molecule has 26 heavy (non-hydrogen) atoms. The highest BCUT2D eigenvalue weighted by molar-refractivity contribution is 5.90. The van der Waals surface area contributed by atoms with Crippen molar-refractivity contribution in [3.63, 3.8) is 0 Å². The van der Waals surface area contributed by atoms with Crippen molar-refractivity contribution >= 4 is 11.8 Å². The summed E-state index contributed by atoms with van der Waals surface area (Å²) in [5.74, 6) is -1.06. The van der Waals surface area contributed by atoms with E-state index in [0.29, 0.717) is 12.8 Å². The summed E-state index contributed by atoms with van der Waals surface area (Å²) in [6.07, 6.45) is 1.16. The third-order valence-corrected chi connectivity index (χ3v) is 5.34. The first-order chi connectivity index (χ1) is 12.2. The van der Waals surface area contributed by atoms with E-state index in [0.717, 1.165) is 22.8 Å². The fraction of sp³-hybridized carbons (Fsp3) is 0.500. The molecule has 2 unspecified atom stereocenters. The Labute approximate surface area is 153 Å². The summed E-state index contributed by atoms with van der Waals surface area (Å²) in [5, 5.41) is 8.67. The lowest BCUT2D eigenvalue weighted by molar-refractivity contribution is 0.0629. The molecule has 6 nitrogen and oxygen atoms in total. The van der Waals surface area contributed by atoms with Crippen LogP contribution in [0.4, 0.5) is 0 Å². The predicted molar refractivity (Wildman–Crippen MR) is 99.2 cm³/mol. The van der Waals surface area contributed by atoms with Crippen molar-refractivity contribution in [1.82, 2.24) is 19.6 Å². The largest absolute Gasteiger partial charge is 0.272 e. The Kier molecular flexibility index (Phi) is 4.69. The second kappa shape index (κ2) is 6.67. The second-order valence-corrected chi connectivity index (χ2v) is 7.54. The van der Waals surface area contributed by atoms with Crippen molar-refractivity contribution in [3.8, 4) is 0 Å². The Balaban J connectivity index is 2.00. The van der Waals surface area contributed by atoms with Crippen LogP contribution >= 0.6 is 0 Å². The van der Waals surface area contributed by atoms with Gasteiger partial charge in [0, 0.05) is 11.4 Å². The van der Waals surface area contributed by atoms with Crippen LogP contribution in [0, 0.1) is 39.5 Å². The number of hydrogen-bond donors (Lipinski definition) is 0. The maximum atomic E-state index is 13.2. The number of carbonyl (C=O) groups excluding carboxylic acids is 2. The molecule has 1 aliphatic carbocycles. The lowest BCUT2D eigenvalue weighted by Crippen LogP contribution is -2.39. The SMILES string of the molecule is CC1=C(C)CC(C(=O)n2nc(C)cc2C)C(C(=O)n2nc(C)cc2C)C1. The lowest BCUT2D eigenvalue weighted by atomic mass is 9.75. The molecule has 0 N–H and O–H groups in total. The lowest BCUT2D eigenvalue weighted by Gasteiger charge is -2.31. The first kappa shape index (κ1) is 18.3. The van der Waals surface area contributed by atoms with Gasteiger partial charge in [0.2, 0.25) is 0 Å². The summed E-state index contributed by atoms with van der Waals surface area (Å²) in [6.45, 7) is 11.6. The van der Waals surface area contributed by atoms with E-state index in [9.17, 15) is 9.59 Å². The van der Waals surface area contributed by atoms with Crippen LogP contribution < -0.4 is 0 Å². The standard InChI is InChI=1S/C20H26N4O2/c1-11-7-17(19(25)23-15(5)9-13(3)21-23)18(8-12(11)2)20(26)24-16(6)10-14(4)22-24/h9-10,17-18H,7-8H2,1-6H3. The highest BCUT2D eigenvalue weighted by Crippen LogP contribution is 2.36. The maximum Gasteiger partial charge on any atom is 0.251 e. The molecule has 1 aliphatic rings. The number of aryl methyl sites for hydroxylation is 4. The van der Waals surface area contributed by atoms with Gasteiger partial charge in [-0.2, -0.15) is 10.2 Å². The maximum absolute atomic E-state index is 13.2. The van der Waals surface area contributed by atoms with Gasteiger partial charge in [-0.3, -0.25) is 9.59 Å².